The average Bonchev–Trinajstić information content (AvgIpc) is 3.39. The first kappa shape index (κ1) is 40.5. The summed E-state index contributed by atoms with van der Waals surface area (Å²) in [5.74, 6) is -4.45. The molecule has 4 heterocycles. The van der Waals surface area contributed by atoms with Crippen molar-refractivity contribution < 1.29 is 38.1 Å². The van der Waals surface area contributed by atoms with Crippen LogP contribution in [0, 0.1) is 5.41 Å². The number of ether oxygens (including phenoxy) is 4. The Kier molecular flexibility index (Phi) is 10.0. The second kappa shape index (κ2) is 12.4. The molecule has 4 N–H and O–H groups in total. The van der Waals surface area contributed by atoms with Crippen LogP contribution in [-0.4, -0.2) is 92.6 Å². The highest BCUT2D eigenvalue weighted by Crippen LogP contribution is 2.42. The van der Waals surface area contributed by atoms with Crippen LogP contribution in [0.15, 0.2) is 0 Å². The Morgan fingerprint density at radius 3 is 0.860 bits per heavy atom. The number of esters is 4. The Hall–Kier alpha value is -2.28. The van der Waals surface area contributed by atoms with E-state index in [1.165, 1.54) is 0 Å². The lowest BCUT2D eigenvalue weighted by Gasteiger charge is -2.36. The van der Waals surface area contributed by atoms with Crippen molar-refractivity contribution in [2.24, 2.45) is 5.41 Å². The van der Waals surface area contributed by atoms with Gasteiger partial charge < -0.3 is 40.2 Å². The van der Waals surface area contributed by atoms with Gasteiger partial charge in [0.1, 0.15) is 24.4 Å². The third-order valence-electron chi connectivity index (χ3n) is 11.1. The van der Waals surface area contributed by atoms with Crippen LogP contribution in [0.3, 0.4) is 0 Å². The topological polar surface area (TPSA) is 153 Å². The lowest BCUT2D eigenvalue weighted by molar-refractivity contribution is -0.197. The molecular formula is C38H66N4O8. The molecule has 0 aromatic carbocycles. The molecule has 0 aromatic rings. The van der Waals surface area contributed by atoms with Gasteiger partial charge in [0, 0.05) is 47.8 Å². The fraction of sp³-hybridized carbons (Fsp3) is 0.895. The van der Waals surface area contributed by atoms with Crippen molar-refractivity contribution in [1.29, 1.82) is 0 Å². The van der Waals surface area contributed by atoms with Crippen molar-refractivity contribution >= 4 is 23.9 Å². The zero-order valence-corrected chi connectivity index (χ0v) is 33.6. The molecule has 4 atom stereocenters. The summed E-state index contributed by atoms with van der Waals surface area (Å²) in [6.45, 7) is 31.2. The summed E-state index contributed by atoms with van der Waals surface area (Å²) >= 11 is 0. The van der Waals surface area contributed by atoms with E-state index in [0.29, 0.717) is 25.7 Å². The van der Waals surface area contributed by atoms with Gasteiger partial charge in [0.05, 0.1) is 28.6 Å². The summed E-state index contributed by atoms with van der Waals surface area (Å²) in [5.41, 5.74) is -7.04. The van der Waals surface area contributed by atoms with Gasteiger partial charge in [-0.1, -0.05) is 0 Å². The summed E-state index contributed by atoms with van der Waals surface area (Å²) in [6, 6.07) is 0. The van der Waals surface area contributed by atoms with Crippen molar-refractivity contribution in [2.75, 3.05) is 0 Å². The summed E-state index contributed by atoms with van der Waals surface area (Å²) in [6.07, 6.45) is -2.00. The van der Waals surface area contributed by atoms with Crippen LogP contribution in [0.4, 0.5) is 0 Å². The van der Waals surface area contributed by atoms with Gasteiger partial charge in [0.25, 0.3) is 5.41 Å². The van der Waals surface area contributed by atoms with E-state index in [-0.39, 0.29) is 5.54 Å². The van der Waals surface area contributed by atoms with Crippen LogP contribution in [0.5, 0.6) is 0 Å². The molecule has 0 spiro atoms. The number of carbonyl (C=O) groups excluding carboxylic acids is 4. The Morgan fingerprint density at radius 2 is 0.660 bits per heavy atom. The van der Waals surface area contributed by atoms with Gasteiger partial charge in [-0.3, -0.25) is 19.2 Å². The minimum Gasteiger partial charge on any atom is -0.460 e. The Bertz CT molecular complexity index is 1260. The molecule has 0 aromatic heterocycles. The summed E-state index contributed by atoms with van der Waals surface area (Å²) in [4.78, 5) is 58.6. The second-order valence-corrected chi connectivity index (χ2v) is 20.5. The van der Waals surface area contributed by atoms with Crippen molar-refractivity contribution in [3.8, 4) is 0 Å². The maximum Gasteiger partial charge on any atom is 0.336 e. The van der Waals surface area contributed by atoms with E-state index in [1.54, 1.807) is 0 Å². The first-order chi connectivity index (χ1) is 22.2. The van der Waals surface area contributed by atoms with Crippen LogP contribution in [-0.2, 0) is 38.1 Å². The third-order valence-corrected chi connectivity index (χ3v) is 11.1. The second-order valence-electron chi connectivity index (χ2n) is 20.5. The molecule has 4 aliphatic rings. The highest BCUT2D eigenvalue weighted by Gasteiger charge is 2.64. The maximum absolute atomic E-state index is 14.8. The lowest BCUT2D eigenvalue weighted by atomic mass is 9.82. The number of rotatable bonds is 9. The van der Waals surface area contributed by atoms with Crippen LogP contribution in [0.25, 0.3) is 0 Å². The van der Waals surface area contributed by atoms with Crippen LogP contribution in [0.1, 0.15) is 143 Å². The van der Waals surface area contributed by atoms with Crippen LogP contribution >= 0.6 is 0 Å². The molecule has 4 rings (SSSR count). The van der Waals surface area contributed by atoms with Gasteiger partial charge in [-0.2, -0.15) is 0 Å². The van der Waals surface area contributed by atoms with Crippen molar-refractivity contribution in [3.05, 3.63) is 0 Å². The van der Waals surface area contributed by atoms with Gasteiger partial charge in [-0.25, -0.2) is 0 Å². The molecule has 0 radical (unpaired) electrons. The van der Waals surface area contributed by atoms with Crippen LogP contribution < -0.4 is 21.3 Å². The highest BCUT2D eigenvalue weighted by molar-refractivity contribution is 6.20. The van der Waals surface area contributed by atoms with Crippen LogP contribution in [0.2, 0.25) is 0 Å². The molecular weight excluding hydrogens is 640 g/mol. The van der Waals surface area contributed by atoms with Gasteiger partial charge >= 0.3 is 23.9 Å². The molecule has 0 bridgehead atoms. The van der Waals surface area contributed by atoms with Gasteiger partial charge in [0.2, 0.25) is 0 Å². The number of carbonyl (C=O) groups is 4. The largest absolute Gasteiger partial charge is 0.460 e. The molecule has 4 aliphatic heterocycles. The average molecular weight is 707 g/mol. The summed E-state index contributed by atoms with van der Waals surface area (Å²) in [5, 5.41) is 13.9. The molecule has 286 valence electrons. The fourth-order valence-corrected chi connectivity index (χ4v) is 9.22. The highest BCUT2D eigenvalue weighted by atomic mass is 16.6. The van der Waals surface area contributed by atoms with Crippen molar-refractivity contribution in [2.45, 2.75) is 212 Å². The normalized spacial score (nSPS) is 33.2. The number of hydrogen-bond donors (Lipinski definition) is 4. The smallest absolute Gasteiger partial charge is 0.336 e. The minimum absolute atomic E-state index is 0.335. The fourth-order valence-electron chi connectivity index (χ4n) is 9.22. The molecule has 0 saturated carbocycles. The molecule has 50 heavy (non-hydrogen) atoms. The van der Waals surface area contributed by atoms with E-state index in [9.17, 15) is 19.2 Å². The van der Waals surface area contributed by atoms with E-state index in [2.05, 4.69) is 21.3 Å². The molecule has 4 saturated heterocycles. The van der Waals surface area contributed by atoms with E-state index in [0.717, 1.165) is 0 Å². The maximum atomic E-state index is 14.8. The summed E-state index contributed by atoms with van der Waals surface area (Å²) < 4.78 is 24.6. The first-order valence-electron chi connectivity index (χ1n) is 18.2. The molecule has 4 unspecified atom stereocenters. The third kappa shape index (κ3) is 8.34. The molecule has 12 heteroatoms. The van der Waals surface area contributed by atoms with E-state index in [4.69, 9.17) is 18.9 Å². The van der Waals surface area contributed by atoms with Crippen molar-refractivity contribution in [3.63, 3.8) is 0 Å². The van der Waals surface area contributed by atoms with E-state index in [1.807, 2.05) is 111 Å². The quantitative estimate of drug-likeness (QED) is 0.154. The van der Waals surface area contributed by atoms with Crippen molar-refractivity contribution in [1.82, 2.24) is 21.3 Å². The lowest BCUT2D eigenvalue weighted by Crippen LogP contribution is -2.57. The SMILES string of the molecule is CC1(C)CC(OC(=O)CC(C(=O)OC2CC(C)(C)NC2(C)C)(C(=O)OC2CC(C)(C)NC2(C)C)C(=O)OC2CC(C)(C)NC2(C)C)C(C)(C)N1. The standard InChI is InChI=1S/C38H66N4O8/c1-30(2)17-22(34(9,10)39-30)47-26(43)21-38(27(44)48-23-18-31(3,4)40-35(23,11)12,28(45)49-24-19-32(5,6)41-36(24,13)14)29(46)50-25-20-33(7,8)42-37(25,15)16/h22-25,39-42H,17-21H2,1-16H3. The molecule has 12 nitrogen and oxygen atoms in total. The molecule has 0 amide bonds. The van der Waals surface area contributed by atoms with Gasteiger partial charge in [-0.05, 0) is 111 Å². The predicted molar refractivity (Wildman–Crippen MR) is 190 cm³/mol. The van der Waals surface area contributed by atoms with Gasteiger partial charge in [-0.15, -0.1) is 0 Å². The molecule has 4 fully saturated rings. The zero-order chi connectivity index (χ0) is 38.3. The first-order valence-corrected chi connectivity index (χ1v) is 18.2. The molecule has 0 aliphatic carbocycles. The van der Waals surface area contributed by atoms with Gasteiger partial charge in [0.15, 0.2) is 0 Å². The minimum atomic E-state index is -2.79. The predicted octanol–water partition coefficient (Wildman–Crippen LogP) is 4.21. The number of hydrogen-bond acceptors (Lipinski definition) is 12. The summed E-state index contributed by atoms with van der Waals surface area (Å²) in [7, 11) is 0. The number of nitrogens with one attached hydrogen (secondary N) is 4. The van der Waals surface area contributed by atoms with E-state index < -0.39 is 98.9 Å². The van der Waals surface area contributed by atoms with E-state index >= 15 is 0 Å². The zero-order valence-electron chi connectivity index (χ0n) is 33.6. The Balaban J connectivity index is 1.80. The Labute approximate surface area is 300 Å². The Morgan fingerprint density at radius 1 is 0.440 bits per heavy atom. The monoisotopic (exact) mass is 706 g/mol.